The molecule has 0 fully saturated rings. The number of nitrogens with one attached hydrogen (secondary N) is 1. The lowest BCUT2D eigenvalue weighted by Gasteiger charge is -2.13. The van der Waals surface area contributed by atoms with Crippen LogP contribution in [-0.4, -0.2) is 27.2 Å². The van der Waals surface area contributed by atoms with E-state index in [-0.39, 0.29) is 0 Å². The smallest absolute Gasteiger partial charge is 0.252 e. The highest BCUT2D eigenvalue weighted by Gasteiger charge is 2.13. The van der Waals surface area contributed by atoms with E-state index in [1.165, 1.54) is 0 Å². The van der Waals surface area contributed by atoms with Crippen LogP contribution in [0, 0.1) is 13.8 Å². The minimum atomic E-state index is -0.485. The summed E-state index contributed by atoms with van der Waals surface area (Å²) >= 11 is 0. The van der Waals surface area contributed by atoms with E-state index in [1.54, 1.807) is 24.0 Å². The van der Waals surface area contributed by atoms with Gasteiger partial charge in [-0.3, -0.25) is 14.5 Å². The largest absolute Gasteiger partial charge is 0.396 e. The van der Waals surface area contributed by atoms with Crippen LogP contribution < -0.4 is 16.8 Å². The zero-order chi connectivity index (χ0) is 14.7. The second-order valence-electron chi connectivity index (χ2n) is 4.60. The number of carbonyl (C=O) groups excluding carboxylic acids is 1. The fourth-order valence-electron chi connectivity index (χ4n) is 2.09. The molecule has 0 aromatic carbocycles. The van der Waals surface area contributed by atoms with Crippen LogP contribution in [0.3, 0.4) is 0 Å². The zero-order valence-electron chi connectivity index (χ0n) is 11.6. The van der Waals surface area contributed by atoms with Crippen LogP contribution in [0.4, 0.5) is 11.4 Å². The standard InChI is InChI=1S/C13H18N6O/c1-8-5-11(12(13(15)20)9(2)18-8)16-3-4-19-7-10(14)6-17-19/h5-7H,3-4,14H2,1-2H3,(H2,15,20)(H,16,18). The van der Waals surface area contributed by atoms with E-state index in [2.05, 4.69) is 15.4 Å². The van der Waals surface area contributed by atoms with Crippen molar-refractivity contribution in [3.05, 3.63) is 35.4 Å². The second-order valence-corrected chi connectivity index (χ2v) is 4.60. The third-order valence-corrected chi connectivity index (χ3v) is 2.88. The predicted molar refractivity (Wildman–Crippen MR) is 77.4 cm³/mol. The Hall–Kier alpha value is -2.57. The van der Waals surface area contributed by atoms with Crippen LogP contribution in [0.25, 0.3) is 0 Å². The summed E-state index contributed by atoms with van der Waals surface area (Å²) in [6.07, 6.45) is 3.34. The summed E-state index contributed by atoms with van der Waals surface area (Å²) in [5.41, 5.74) is 14.2. The molecule has 0 aliphatic carbocycles. The van der Waals surface area contributed by atoms with Gasteiger partial charge in [-0.1, -0.05) is 0 Å². The van der Waals surface area contributed by atoms with Gasteiger partial charge < -0.3 is 16.8 Å². The summed E-state index contributed by atoms with van der Waals surface area (Å²) in [7, 11) is 0. The van der Waals surface area contributed by atoms with E-state index in [1.807, 2.05) is 13.0 Å². The molecule has 5 N–H and O–H groups in total. The van der Waals surface area contributed by atoms with Gasteiger partial charge in [0.1, 0.15) is 0 Å². The van der Waals surface area contributed by atoms with Gasteiger partial charge in [0.25, 0.3) is 5.91 Å². The van der Waals surface area contributed by atoms with E-state index in [9.17, 15) is 4.79 Å². The van der Waals surface area contributed by atoms with Crippen LogP contribution in [0.2, 0.25) is 0 Å². The number of carbonyl (C=O) groups is 1. The molecule has 1 amide bonds. The number of nitrogen functional groups attached to an aromatic ring is 1. The number of pyridine rings is 1. The Labute approximate surface area is 117 Å². The van der Waals surface area contributed by atoms with Crippen LogP contribution in [0.15, 0.2) is 18.5 Å². The van der Waals surface area contributed by atoms with Gasteiger partial charge in [-0.25, -0.2) is 0 Å². The normalized spacial score (nSPS) is 10.5. The molecule has 2 rings (SSSR count). The van der Waals surface area contributed by atoms with Gasteiger partial charge in [0.15, 0.2) is 0 Å². The Morgan fingerprint density at radius 2 is 2.20 bits per heavy atom. The van der Waals surface area contributed by atoms with Crippen molar-refractivity contribution in [3.63, 3.8) is 0 Å². The van der Waals surface area contributed by atoms with Gasteiger partial charge in [0.05, 0.1) is 35.4 Å². The van der Waals surface area contributed by atoms with Gasteiger partial charge in [-0.2, -0.15) is 5.10 Å². The molecule has 0 spiro atoms. The first-order chi connectivity index (χ1) is 9.47. The minimum absolute atomic E-state index is 0.426. The van der Waals surface area contributed by atoms with E-state index < -0.39 is 5.91 Å². The maximum atomic E-state index is 11.5. The Balaban J connectivity index is 2.10. The van der Waals surface area contributed by atoms with E-state index in [4.69, 9.17) is 11.5 Å². The first kappa shape index (κ1) is 13.9. The first-order valence-electron chi connectivity index (χ1n) is 6.27. The average Bonchev–Trinajstić information content (AvgIpc) is 2.73. The maximum Gasteiger partial charge on any atom is 0.252 e. The lowest BCUT2D eigenvalue weighted by atomic mass is 10.1. The molecule has 2 aromatic heterocycles. The number of rotatable bonds is 5. The highest BCUT2D eigenvalue weighted by Crippen LogP contribution is 2.19. The quantitative estimate of drug-likeness (QED) is 0.742. The summed E-state index contributed by atoms with van der Waals surface area (Å²) in [6.45, 7) is 4.88. The molecule has 7 nitrogen and oxygen atoms in total. The third kappa shape index (κ3) is 3.05. The van der Waals surface area contributed by atoms with E-state index in [0.29, 0.717) is 35.7 Å². The van der Waals surface area contributed by atoms with Gasteiger partial charge >= 0.3 is 0 Å². The molecule has 0 bridgehead atoms. The van der Waals surface area contributed by atoms with Crippen LogP contribution in [0.5, 0.6) is 0 Å². The lowest BCUT2D eigenvalue weighted by Crippen LogP contribution is -2.19. The average molecular weight is 274 g/mol. The minimum Gasteiger partial charge on any atom is -0.396 e. The number of aromatic nitrogens is 3. The molecule has 20 heavy (non-hydrogen) atoms. The Bertz CT molecular complexity index is 634. The monoisotopic (exact) mass is 274 g/mol. The second kappa shape index (κ2) is 5.60. The lowest BCUT2D eigenvalue weighted by molar-refractivity contribution is 0.1000. The number of anilines is 2. The van der Waals surface area contributed by atoms with Crippen LogP contribution >= 0.6 is 0 Å². The third-order valence-electron chi connectivity index (χ3n) is 2.88. The van der Waals surface area contributed by atoms with Gasteiger partial charge in [0, 0.05) is 18.4 Å². The van der Waals surface area contributed by atoms with Crippen molar-refractivity contribution >= 4 is 17.3 Å². The zero-order valence-corrected chi connectivity index (χ0v) is 11.6. The number of nitrogens with two attached hydrogens (primary N) is 2. The summed E-state index contributed by atoms with van der Waals surface area (Å²) in [5.74, 6) is -0.485. The van der Waals surface area contributed by atoms with Crippen molar-refractivity contribution in [2.24, 2.45) is 5.73 Å². The number of primary amides is 1. The fourth-order valence-corrected chi connectivity index (χ4v) is 2.09. The molecular weight excluding hydrogens is 256 g/mol. The highest BCUT2D eigenvalue weighted by molar-refractivity contribution is 5.99. The van der Waals surface area contributed by atoms with Crippen molar-refractivity contribution in [3.8, 4) is 0 Å². The molecule has 0 aliphatic heterocycles. The molecular formula is C13H18N6O. The Morgan fingerprint density at radius 3 is 2.80 bits per heavy atom. The number of amides is 1. The fraction of sp³-hybridized carbons (Fsp3) is 0.308. The first-order valence-corrected chi connectivity index (χ1v) is 6.27. The van der Waals surface area contributed by atoms with Crippen molar-refractivity contribution in [1.82, 2.24) is 14.8 Å². The number of aryl methyl sites for hydroxylation is 2. The van der Waals surface area contributed by atoms with Crippen molar-refractivity contribution in [1.29, 1.82) is 0 Å². The SMILES string of the molecule is Cc1cc(NCCn2cc(N)cn2)c(C(N)=O)c(C)n1. The molecule has 2 heterocycles. The number of hydrogen-bond donors (Lipinski definition) is 3. The molecule has 0 aliphatic rings. The van der Waals surface area contributed by atoms with Crippen molar-refractivity contribution in [2.45, 2.75) is 20.4 Å². The molecule has 0 radical (unpaired) electrons. The Kier molecular flexibility index (Phi) is 3.88. The molecule has 0 saturated heterocycles. The topological polar surface area (TPSA) is 112 Å². The van der Waals surface area contributed by atoms with Gasteiger partial charge in [-0.15, -0.1) is 0 Å². The molecule has 106 valence electrons. The summed E-state index contributed by atoms with van der Waals surface area (Å²) in [6, 6.07) is 1.81. The molecule has 7 heteroatoms. The molecule has 0 saturated carbocycles. The summed E-state index contributed by atoms with van der Waals surface area (Å²) < 4.78 is 1.73. The van der Waals surface area contributed by atoms with Crippen molar-refractivity contribution in [2.75, 3.05) is 17.6 Å². The number of hydrogen-bond acceptors (Lipinski definition) is 5. The molecule has 2 aromatic rings. The molecule has 0 unspecified atom stereocenters. The Morgan fingerprint density at radius 1 is 1.45 bits per heavy atom. The van der Waals surface area contributed by atoms with Crippen LogP contribution in [-0.2, 0) is 6.54 Å². The van der Waals surface area contributed by atoms with E-state index in [0.717, 1.165) is 5.69 Å². The summed E-state index contributed by atoms with van der Waals surface area (Å²) in [5, 5.41) is 7.28. The van der Waals surface area contributed by atoms with Crippen LogP contribution in [0.1, 0.15) is 21.7 Å². The predicted octanol–water partition coefficient (Wildman–Crippen LogP) is 0.688. The maximum absolute atomic E-state index is 11.5. The molecule has 0 atom stereocenters. The number of nitrogens with zero attached hydrogens (tertiary/aromatic N) is 3. The van der Waals surface area contributed by atoms with Gasteiger partial charge in [-0.05, 0) is 19.9 Å². The van der Waals surface area contributed by atoms with Gasteiger partial charge in [0.2, 0.25) is 0 Å². The highest BCUT2D eigenvalue weighted by atomic mass is 16.1. The van der Waals surface area contributed by atoms with E-state index >= 15 is 0 Å². The van der Waals surface area contributed by atoms with Crippen molar-refractivity contribution < 1.29 is 4.79 Å². The summed E-state index contributed by atoms with van der Waals surface area (Å²) in [4.78, 5) is 15.7.